The Kier molecular flexibility index (Phi) is 4.55. The highest BCUT2D eigenvalue weighted by Crippen LogP contribution is 2.09. The van der Waals surface area contributed by atoms with E-state index in [9.17, 15) is 9.90 Å². The second-order valence-corrected chi connectivity index (χ2v) is 4.38. The van der Waals surface area contributed by atoms with Gasteiger partial charge in [-0.05, 0) is 0 Å². The van der Waals surface area contributed by atoms with Crippen LogP contribution in [-0.4, -0.2) is 54.4 Å². The molecular formula is C10H14ClN5O4. The van der Waals surface area contributed by atoms with Crippen LogP contribution in [0.5, 0.6) is 0 Å². The lowest BCUT2D eigenvalue weighted by Crippen LogP contribution is -2.34. The van der Waals surface area contributed by atoms with Crippen molar-refractivity contribution in [2.75, 3.05) is 18.2 Å². The molecule has 2 atom stereocenters. The molecule has 0 aromatic carbocycles. The van der Waals surface area contributed by atoms with Gasteiger partial charge in [-0.2, -0.15) is 4.98 Å². The van der Waals surface area contributed by atoms with Crippen LogP contribution in [0.15, 0.2) is 11.1 Å². The molecule has 0 spiro atoms. The van der Waals surface area contributed by atoms with Crippen molar-refractivity contribution in [3.63, 3.8) is 0 Å². The molecule has 0 bridgehead atoms. The van der Waals surface area contributed by atoms with Crippen LogP contribution in [0.25, 0.3) is 11.2 Å². The van der Waals surface area contributed by atoms with E-state index in [1.54, 1.807) is 0 Å². The highest BCUT2D eigenvalue weighted by molar-refractivity contribution is 6.18. The van der Waals surface area contributed by atoms with Crippen LogP contribution in [0.4, 0.5) is 5.95 Å². The van der Waals surface area contributed by atoms with E-state index in [-0.39, 0.29) is 29.7 Å². The Bertz CT molecular complexity index is 642. The number of aromatic nitrogens is 4. The second kappa shape index (κ2) is 6.18. The zero-order valence-electron chi connectivity index (χ0n) is 10.4. The second-order valence-electron chi connectivity index (χ2n) is 4.08. The van der Waals surface area contributed by atoms with Gasteiger partial charge in [-0.3, -0.25) is 14.3 Å². The van der Waals surface area contributed by atoms with Crippen LogP contribution in [0, 0.1) is 0 Å². The first-order chi connectivity index (χ1) is 9.56. The van der Waals surface area contributed by atoms with Gasteiger partial charge >= 0.3 is 0 Å². The number of nitrogens with one attached hydrogen (secondary N) is 1. The van der Waals surface area contributed by atoms with Crippen molar-refractivity contribution in [3.8, 4) is 0 Å². The van der Waals surface area contributed by atoms with Gasteiger partial charge in [0, 0.05) is 0 Å². The average Bonchev–Trinajstić information content (AvgIpc) is 2.82. The smallest absolute Gasteiger partial charge is 0.280 e. The van der Waals surface area contributed by atoms with Gasteiger partial charge in [-0.15, -0.1) is 11.6 Å². The van der Waals surface area contributed by atoms with Gasteiger partial charge in [0.05, 0.1) is 18.8 Å². The summed E-state index contributed by atoms with van der Waals surface area (Å²) in [7, 11) is 0. The first-order valence-corrected chi connectivity index (χ1v) is 6.27. The van der Waals surface area contributed by atoms with Crippen LogP contribution in [0.2, 0.25) is 0 Å². The molecule has 0 saturated heterocycles. The van der Waals surface area contributed by atoms with Gasteiger partial charge in [0.2, 0.25) is 5.95 Å². The summed E-state index contributed by atoms with van der Waals surface area (Å²) in [6, 6.07) is 0. The minimum Gasteiger partial charge on any atom is -0.394 e. The Hall–Kier alpha value is -1.68. The number of fused-ring (bicyclic) bond motifs is 1. The Labute approximate surface area is 118 Å². The third-order valence-electron chi connectivity index (χ3n) is 2.69. The summed E-state index contributed by atoms with van der Waals surface area (Å²) < 4.78 is 6.81. The molecule has 0 fully saturated rings. The number of aliphatic hydroxyl groups excluding tert-OH is 2. The Morgan fingerprint density at radius 2 is 2.35 bits per heavy atom. The topological polar surface area (TPSA) is 139 Å². The number of imidazole rings is 1. The number of nitrogens with two attached hydrogens (primary N) is 1. The van der Waals surface area contributed by atoms with Crippen molar-refractivity contribution >= 4 is 28.7 Å². The minimum atomic E-state index is -1.09. The largest absolute Gasteiger partial charge is 0.394 e. The average molecular weight is 304 g/mol. The number of halogens is 1. The van der Waals surface area contributed by atoms with Gasteiger partial charge in [0.15, 0.2) is 11.2 Å². The van der Waals surface area contributed by atoms with Crippen molar-refractivity contribution in [3.05, 3.63) is 16.7 Å². The summed E-state index contributed by atoms with van der Waals surface area (Å²) >= 11 is 5.64. The number of nitrogens with zero attached hydrogens (tertiary/aromatic N) is 3. The molecule has 0 amide bonds. The number of alkyl halides is 1. The van der Waals surface area contributed by atoms with Crippen molar-refractivity contribution in [2.45, 2.75) is 18.9 Å². The summed E-state index contributed by atoms with van der Waals surface area (Å²) in [5.74, 6) is -0.0293. The van der Waals surface area contributed by atoms with E-state index in [1.807, 2.05) is 0 Å². The number of ether oxygens (including phenoxy) is 1. The minimum absolute atomic E-state index is 0.00447. The predicted molar refractivity (Wildman–Crippen MR) is 71.2 cm³/mol. The fourth-order valence-electron chi connectivity index (χ4n) is 1.62. The third-order valence-corrected chi connectivity index (χ3v) is 2.99. The molecular weight excluding hydrogens is 290 g/mol. The van der Waals surface area contributed by atoms with Gasteiger partial charge in [0.1, 0.15) is 18.9 Å². The predicted octanol–water partition coefficient (Wildman–Crippen LogP) is -1.36. The first-order valence-electron chi connectivity index (χ1n) is 5.74. The van der Waals surface area contributed by atoms with E-state index in [2.05, 4.69) is 15.0 Å². The highest BCUT2D eigenvalue weighted by Gasteiger charge is 2.19. The standard InChI is InChI=1S/C10H14ClN5O4/c11-1-6(5(18)2-17)20-4-16-3-13-7-8(16)14-10(12)15-9(7)19/h3,5-6,17-18H,1-2,4H2,(H3,12,14,15,19)/t5-,6-/m1/s1. The van der Waals surface area contributed by atoms with Crippen LogP contribution in [-0.2, 0) is 11.5 Å². The van der Waals surface area contributed by atoms with Crippen molar-refractivity contribution in [1.82, 2.24) is 19.5 Å². The zero-order valence-corrected chi connectivity index (χ0v) is 11.1. The maximum Gasteiger partial charge on any atom is 0.280 e. The van der Waals surface area contributed by atoms with Gasteiger partial charge in [-0.1, -0.05) is 0 Å². The normalized spacial score (nSPS) is 14.6. The van der Waals surface area contributed by atoms with Gasteiger partial charge in [0.25, 0.3) is 5.56 Å². The maximum atomic E-state index is 11.6. The lowest BCUT2D eigenvalue weighted by Gasteiger charge is -2.19. The lowest BCUT2D eigenvalue weighted by molar-refractivity contribution is -0.0689. The first kappa shape index (κ1) is 14.7. The van der Waals surface area contributed by atoms with Gasteiger partial charge in [-0.25, -0.2) is 4.98 Å². The molecule has 0 unspecified atom stereocenters. The van der Waals surface area contributed by atoms with E-state index >= 15 is 0 Å². The lowest BCUT2D eigenvalue weighted by atomic mass is 10.2. The number of nitrogen functional groups attached to an aromatic ring is 1. The third kappa shape index (κ3) is 2.90. The molecule has 0 saturated carbocycles. The summed E-state index contributed by atoms with van der Waals surface area (Å²) in [5, 5.41) is 18.3. The molecule has 2 rings (SSSR count). The Morgan fingerprint density at radius 1 is 1.60 bits per heavy atom. The number of aliphatic hydroxyl groups is 2. The number of rotatable bonds is 6. The monoisotopic (exact) mass is 303 g/mol. The molecule has 0 radical (unpaired) electrons. The van der Waals surface area contributed by atoms with Crippen molar-refractivity contribution in [2.24, 2.45) is 0 Å². The van der Waals surface area contributed by atoms with E-state index < -0.39 is 24.4 Å². The quantitative estimate of drug-likeness (QED) is 0.483. The molecule has 20 heavy (non-hydrogen) atoms. The molecule has 110 valence electrons. The van der Waals surface area contributed by atoms with Gasteiger partial charge < -0.3 is 20.7 Å². The molecule has 2 aromatic rings. The van der Waals surface area contributed by atoms with Crippen LogP contribution in [0.3, 0.4) is 0 Å². The number of hydrogen-bond donors (Lipinski definition) is 4. The fourth-order valence-corrected chi connectivity index (χ4v) is 1.91. The Morgan fingerprint density at radius 3 is 3.00 bits per heavy atom. The number of H-pyrrole nitrogens is 1. The maximum absolute atomic E-state index is 11.6. The molecule has 10 heteroatoms. The summed E-state index contributed by atoms with van der Waals surface area (Å²) in [6.07, 6.45) is -0.481. The summed E-state index contributed by atoms with van der Waals surface area (Å²) in [4.78, 5) is 21.8. The molecule has 0 aliphatic rings. The summed E-state index contributed by atoms with van der Waals surface area (Å²) in [5.41, 5.74) is 5.41. The molecule has 0 aliphatic heterocycles. The molecule has 2 heterocycles. The highest BCUT2D eigenvalue weighted by atomic mass is 35.5. The van der Waals surface area contributed by atoms with Crippen molar-refractivity contribution in [1.29, 1.82) is 0 Å². The zero-order chi connectivity index (χ0) is 14.7. The number of hydrogen-bond acceptors (Lipinski definition) is 7. The summed E-state index contributed by atoms with van der Waals surface area (Å²) in [6.45, 7) is -0.506. The molecule has 5 N–H and O–H groups in total. The van der Waals surface area contributed by atoms with Crippen LogP contribution >= 0.6 is 11.6 Å². The SMILES string of the molecule is Nc1nc2c(ncn2CO[C@H](CCl)[C@H](O)CO)c(=O)[nH]1. The van der Waals surface area contributed by atoms with E-state index in [4.69, 9.17) is 27.2 Å². The number of aromatic amines is 1. The van der Waals surface area contributed by atoms with Crippen LogP contribution in [0.1, 0.15) is 0 Å². The molecule has 2 aromatic heterocycles. The van der Waals surface area contributed by atoms with E-state index in [1.165, 1.54) is 10.9 Å². The fraction of sp³-hybridized carbons (Fsp3) is 0.500. The molecule has 0 aliphatic carbocycles. The molecule has 9 nitrogen and oxygen atoms in total. The van der Waals surface area contributed by atoms with E-state index in [0.717, 1.165) is 0 Å². The Balaban J connectivity index is 2.20. The van der Waals surface area contributed by atoms with E-state index in [0.29, 0.717) is 0 Å². The number of anilines is 1. The van der Waals surface area contributed by atoms with Crippen LogP contribution < -0.4 is 11.3 Å². The van der Waals surface area contributed by atoms with Crippen molar-refractivity contribution < 1.29 is 14.9 Å².